The van der Waals surface area contributed by atoms with Crippen molar-refractivity contribution in [1.82, 2.24) is 0 Å². The van der Waals surface area contributed by atoms with Crippen molar-refractivity contribution in [3.8, 4) is 5.63 Å². The number of fused-ring (bicyclic) bond motifs is 1. The summed E-state index contributed by atoms with van der Waals surface area (Å²) >= 11 is 0. The van der Waals surface area contributed by atoms with Crippen LogP contribution < -0.4 is 0 Å². The average molecular weight is 153 g/mol. The molecule has 0 nitrogen and oxygen atoms in total. The van der Waals surface area contributed by atoms with Crippen LogP contribution in [0.4, 0.5) is 0 Å². The van der Waals surface area contributed by atoms with Gasteiger partial charge in [-0.05, 0) is 0 Å². The molecule has 0 bridgehead atoms. The predicted octanol–water partition coefficient (Wildman–Crippen LogP) is 3.10. The Kier molecular flexibility index (Phi) is 2.12. The molecule has 0 aromatic rings. The van der Waals surface area contributed by atoms with E-state index in [0.717, 1.165) is 11.8 Å². The van der Waals surface area contributed by atoms with Crippen molar-refractivity contribution in [3.63, 3.8) is 0 Å². The van der Waals surface area contributed by atoms with Crippen LogP contribution >= 0.6 is 8.04 Å². The van der Waals surface area contributed by atoms with Gasteiger partial charge >= 0.3 is 63.8 Å². The summed E-state index contributed by atoms with van der Waals surface area (Å²) in [5, 5.41) is 0. The Balaban J connectivity index is 2.09. The summed E-state index contributed by atoms with van der Waals surface area (Å²) < 4.78 is 0. The van der Waals surface area contributed by atoms with Gasteiger partial charge in [0.05, 0.1) is 0 Å². The molecule has 0 amide bonds. The molecule has 2 aliphatic rings. The maximum absolute atomic E-state index is 3.62. The number of hydrogen-bond donors (Lipinski definition) is 0. The molecular formula is C9H14P+. The van der Waals surface area contributed by atoms with E-state index in [1.807, 2.05) is 0 Å². The Labute approximate surface area is 64.5 Å². The zero-order chi connectivity index (χ0) is 6.81. The Morgan fingerprint density at radius 3 is 3.00 bits per heavy atom. The van der Waals surface area contributed by atoms with Gasteiger partial charge in [-0.3, -0.25) is 0 Å². The van der Waals surface area contributed by atoms with Crippen LogP contribution in [0.15, 0.2) is 0 Å². The van der Waals surface area contributed by atoms with E-state index >= 15 is 0 Å². The Morgan fingerprint density at radius 2 is 2.00 bits per heavy atom. The topological polar surface area (TPSA) is 0 Å². The van der Waals surface area contributed by atoms with Gasteiger partial charge in [-0.1, -0.05) is 0 Å². The van der Waals surface area contributed by atoms with Gasteiger partial charge in [0.2, 0.25) is 0 Å². The van der Waals surface area contributed by atoms with Gasteiger partial charge < -0.3 is 0 Å². The van der Waals surface area contributed by atoms with Crippen LogP contribution in [0, 0.1) is 17.5 Å². The molecule has 1 saturated carbocycles. The van der Waals surface area contributed by atoms with Crippen molar-refractivity contribution in [2.45, 2.75) is 32.1 Å². The van der Waals surface area contributed by atoms with Crippen LogP contribution in [0.5, 0.6) is 0 Å². The minimum absolute atomic E-state index is 0.893. The summed E-state index contributed by atoms with van der Waals surface area (Å²) in [5.41, 5.74) is 3.62. The minimum atomic E-state index is 0.893. The van der Waals surface area contributed by atoms with Crippen molar-refractivity contribution >= 4 is 8.04 Å². The molecule has 2 rings (SSSR count). The second kappa shape index (κ2) is 3.07. The van der Waals surface area contributed by atoms with Gasteiger partial charge in [0.25, 0.3) is 0 Å². The Hall–Kier alpha value is 0.210. The quantitative estimate of drug-likeness (QED) is 0.469. The van der Waals surface area contributed by atoms with E-state index in [2.05, 4.69) is 5.63 Å². The fourth-order valence-corrected chi connectivity index (χ4v) is 3.21. The molecule has 2 atom stereocenters. The van der Waals surface area contributed by atoms with E-state index < -0.39 is 0 Å². The van der Waals surface area contributed by atoms with E-state index in [1.165, 1.54) is 46.3 Å². The van der Waals surface area contributed by atoms with E-state index in [-0.39, 0.29) is 0 Å². The van der Waals surface area contributed by atoms with E-state index in [1.54, 1.807) is 0 Å². The molecule has 1 aliphatic heterocycles. The van der Waals surface area contributed by atoms with Crippen LogP contribution in [-0.4, -0.2) is 6.16 Å². The zero-order valence-corrected chi connectivity index (χ0v) is 7.24. The SMILES string of the molecule is C1#[P+]CCCC2CCCC12. The van der Waals surface area contributed by atoms with Crippen molar-refractivity contribution in [1.29, 1.82) is 0 Å². The third-order valence-corrected chi connectivity index (χ3v) is 3.82. The maximum atomic E-state index is 3.62. The van der Waals surface area contributed by atoms with Crippen molar-refractivity contribution < 1.29 is 0 Å². The van der Waals surface area contributed by atoms with Crippen LogP contribution in [0.2, 0.25) is 0 Å². The van der Waals surface area contributed by atoms with Gasteiger partial charge in [0.1, 0.15) is 0 Å². The normalized spacial score (nSPS) is 38.4. The van der Waals surface area contributed by atoms with Crippen LogP contribution in [0.1, 0.15) is 32.1 Å². The molecule has 1 aliphatic carbocycles. The third kappa shape index (κ3) is 1.29. The standard InChI is InChI=1S/C9H14P/c1-3-8-5-2-6-10-7-9(8)4-1/h8-9H,1-6H2/q+1. The third-order valence-electron chi connectivity index (χ3n) is 2.76. The van der Waals surface area contributed by atoms with E-state index in [9.17, 15) is 0 Å². The van der Waals surface area contributed by atoms with Crippen molar-refractivity contribution in [3.05, 3.63) is 0 Å². The molecule has 0 radical (unpaired) electrons. The van der Waals surface area contributed by atoms with Gasteiger partial charge in [-0.2, -0.15) is 0 Å². The van der Waals surface area contributed by atoms with Crippen molar-refractivity contribution in [2.75, 3.05) is 6.16 Å². The summed E-state index contributed by atoms with van der Waals surface area (Å²) in [6, 6.07) is 0. The van der Waals surface area contributed by atoms with E-state index in [0.29, 0.717) is 0 Å². The zero-order valence-electron chi connectivity index (χ0n) is 6.34. The predicted molar refractivity (Wildman–Crippen MR) is 45.7 cm³/mol. The monoisotopic (exact) mass is 153 g/mol. The molecule has 0 spiro atoms. The molecule has 54 valence electrons. The molecule has 0 N–H and O–H groups in total. The number of rotatable bonds is 0. The number of hydrogen-bond acceptors (Lipinski definition) is 0. The first kappa shape index (κ1) is 6.89. The van der Waals surface area contributed by atoms with Crippen LogP contribution in [0.25, 0.3) is 0 Å². The summed E-state index contributed by atoms with van der Waals surface area (Å²) in [6.45, 7) is 0. The second-order valence-electron chi connectivity index (χ2n) is 3.45. The summed E-state index contributed by atoms with van der Waals surface area (Å²) in [7, 11) is 1.50. The van der Waals surface area contributed by atoms with Crippen molar-refractivity contribution in [2.24, 2.45) is 11.8 Å². The van der Waals surface area contributed by atoms with Gasteiger partial charge in [-0.15, -0.1) is 0 Å². The van der Waals surface area contributed by atoms with Gasteiger partial charge in [0.15, 0.2) is 0 Å². The fourth-order valence-electron chi connectivity index (χ4n) is 2.17. The van der Waals surface area contributed by atoms with Crippen LogP contribution in [0.3, 0.4) is 0 Å². The summed E-state index contributed by atoms with van der Waals surface area (Å²) in [4.78, 5) is 0. The first-order valence-corrected chi connectivity index (χ1v) is 5.47. The average Bonchev–Trinajstić information content (AvgIpc) is 2.28. The molecule has 2 unspecified atom stereocenters. The molecule has 1 heteroatoms. The molecule has 10 heavy (non-hydrogen) atoms. The van der Waals surface area contributed by atoms with Crippen LogP contribution in [-0.2, 0) is 0 Å². The molecule has 0 aromatic carbocycles. The molecular weight excluding hydrogens is 139 g/mol. The second-order valence-corrected chi connectivity index (χ2v) is 4.47. The molecule has 0 aromatic heterocycles. The first-order chi connectivity index (χ1) is 4.97. The summed E-state index contributed by atoms with van der Waals surface area (Å²) in [5.74, 6) is 1.93. The van der Waals surface area contributed by atoms with Gasteiger partial charge in [0, 0.05) is 0 Å². The molecule has 1 fully saturated rings. The Bertz CT molecular complexity index is 175. The molecule has 0 saturated heterocycles. The van der Waals surface area contributed by atoms with Gasteiger partial charge in [-0.25, -0.2) is 0 Å². The fraction of sp³-hybridized carbons (Fsp3) is 0.889. The molecule has 1 heterocycles. The van der Waals surface area contributed by atoms with E-state index in [4.69, 9.17) is 0 Å². The first-order valence-electron chi connectivity index (χ1n) is 4.39. The summed E-state index contributed by atoms with van der Waals surface area (Å²) in [6.07, 6.45) is 8.73. The Morgan fingerprint density at radius 1 is 1.10 bits per heavy atom.